The molecule has 0 unspecified atom stereocenters. The lowest BCUT2D eigenvalue weighted by Crippen LogP contribution is -2.40. The van der Waals surface area contributed by atoms with E-state index in [-0.39, 0.29) is 5.69 Å². The Balaban J connectivity index is 2.68. The van der Waals surface area contributed by atoms with Crippen LogP contribution in [-0.2, 0) is 4.79 Å². The second-order valence-electron chi connectivity index (χ2n) is 3.28. The zero-order valence-electron chi connectivity index (χ0n) is 8.83. The maximum Gasteiger partial charge on any atom is 0.325 e. The van der Waals surface area contributed by atoms with Crippen LogP contribution >= 0.6 is 15.9 Å². The standard InChI is InChI=1S/C10H10BrFN2O3/c1-5(9(15)16)13-10(17)14-8-4-6(12)2-3-7(8)11/h2-5H,1H3,(H,15,16)(H2,13,14,17)/t5-/m0/s1. The molecule has 1 aromatic carbocycles. The van der Waals surface area contributed by atoms with Gasteiger partial charge in [0.2, 0.25) is 0 Å². The summed E-state index contributed by atoms with van der Waals surface area (Å²) in [5.74, 6) is -1.66. The van der Waals surface area contributed by atoms with Gasteiger partial charge in [0, 0.05) is 4.47 Å². The van der Waals surface area contributed by atoms with E-state index in [0.29, 0.717) is 4.47 Å². The highest BCUT2D eigenvalue weighted by atomic mass is 79.9. The summed E-state index contributed by atoms with van der Waals surface area (Å²) in [5, 5.41) is 13.1. The van der Waals surface area contributed by atoms with Gasteiger partial charge in [-0.1, -0.05) is 0 Å². The van der Waals surface area contributed by atoms with Crippen LogP contribution < -0.4 is 10.6 Å². The molecule has 0 aliphatic rings. The number of halogens is 2. The van der Waals surface area contributed by atoms with E-state index in [1.54, 1.807) is 0 Å². The number of amides is 2. The van der Waals surface area contributed by atoms with Gasteiger partial charge in [-0.3, -0.25) is 4.79 Å². The first-order valence-corrected chi connectivity index (χ1v) is 5.45. The highest BCUT2D eigenvalue weighted by Crippen LogP contribution is 2.22. The molecule has 1 aromatic rings. The highest BCUT2D eigenvalue weighted by molar-refractivity contribution is 9.10. The van der Waals surface area contributed by atoms with Crippen LogP contribution in [0.5, 0.6) is 0 Å². The molecule has 2 amide bonds. The van der Waals surface area contributed by atoms with Crippen molar-refractivity contribution in [1.82, 2.24) is 5.32 Å². The van der Waals surface area contributed by atoms with Gasteiger partial charge >= 0.3 is 12.0 Å². The Morgan fingerprint density at radius 3 is 2.71 bits per heavy atom. The van der Waals surface area contributed by atoms with E-state index in [9.17, 15) is 14.0 Å². The predicted molar refractivity (Wildman–Crippen MR) is 63.4 cm³/mol. The Bertz CT molecular complexity index is 453. The van der Waals surface area contributed by atoms with Crippen molar-refractivity contribution in [2.75, 3.05) is 5.32 Å². The van der Waals surface area contributed by atoms with Crippen molar-refractivity contribution >= 4 is 33.6 Å². The Hall–Kier alpha value is -1.63. The van der Waals surface area contributed by atoms with E-state index in [2.05, 4.69) is 26.6 Å². The quantitative estimate of drug-likeness (QED) is 0.801. The SMILES string of the molecule is C[C@H](NC(=O)Nc1cc(F)ccc1Br)C(=O)O. The number of carboxylic acids is 1. The summed E-state index contributed by atoms with van der Waals surface area (Å²) < 4.78 is 13.4. The molecule has 3 N–H and O–H groups in total. The minimum absolute atomic E-state index is 0.222. The Morgan fingerprint density at radius 2 is 2.12 bits per heavy atom. The lowest BCUT2D eigenvalue weighted by atomic mass is 10.3. The third kappa shape index (κ3) is 4.03. The largest absolute Gasteiger partial charge is 0.480 e. The van der Waals surface area contributed by atoms with Crippen molar-refractivity contribution < 1.29 is 19.1 Å². The van der Waals surface area contributed by atoms with Gasteiger partial charge < -0.3 is 15.7 Å². The summed E-state index contributed by atoms with van der Waals surface area (Å²) in [6, 6.07) is 2.04. The van der Waals surface area contributed by atoms with E-state index in [1.165, 1.54) is 19.1 Å². The zero-order valence-corrected chi connectivity index (χ0v) is 10.4. The van der Waals surface area contributed by atoms with Gasteiger partial charge in [0.15, 0.2) is 0 Å². The summed E-state index contributed by atoms with van der Waals surface area (Å²) in [5.41, 5.74) is 0.222. The molecule has 0 aromatic heterocycles. The lowest BCUT2D eigenvalue weighted by molar-refractivity contribution is -0.138. The number of nitrogens with one attached hydrogen (secondary N) is 2. The molecule has 0 spiro atoms. The first-order valence-electron chi connectivity index (χ1n) is 4.65. The number of urea groups is 1. The number of rotatable bonds is 3. The summed E-state index contributed by atoms with van der Waals surface area (Å²) >= 11 is 3.13. The lowest BCUT2D eigenvalue weighted by Gasteiger charge is -2.11. The van der Waals surface area contributed by atoms with Crippen LogP contribution in [0.2, 0.25) is 0 Å². The highest BCUT2D eigenvalue weighted by Gasteiger charge is 2.14. The van der Waals surface area contributed by atoms with Crippen molar-refractivity contribution in [3.05, 3.63) is 28.5 Å². The number of carboxylic acid groups (broad SMARTS) is 1. The van der Waals surface area contributed by atoms with Crippen molar-refractivity contribution in [3.63, 3.8) is 0 Å². The summed E-state index contributed by atoms with van der Waals surface area (Å²) in [7, 11) is 0. The van der Waals surface area contributed by atoms with Crippen LogP contribution in [-0.4, -0.2) is 23.1 Å². The molecule has 0 radical (unpaired) electrons. The average Bonchev–Trinajstić information content (AvgIpc) is 2.23. The summed E-state index contributed by atoms with van der Waals surface area (Å²) in [4.78, 5) is 21.9. The van der Waals surface area contributed by atoms with Crippen LogP contribution in [0.4, 0.5) is 14.9 Å². The van der Waals surface area contributed by atoms with Gasteiger partial charge in [-0.05, 0) is 41.1 Å². The fraction of sp³-hybridized carbons (Fsp3) is 0.200. The topological polar surface area (TPSA) is 78.4 Å². The molecule has 5 nitrogen and oxygen atoms in total. The van der Waals surface area contributed by atoms with Gasteiger partial charge in [0.1, 0.15) is 11.9 Å². The maximum atomic E-state index is 12.9. The molecular weight excluding hydrogens is 295 g/mol. The third-order valence-electron chi connectivity index (χ3n) is 1.89. The van der Waals surface area contributed by atoms with Crippen molar-refractivity contribution in [2.45, 2.75) is 13.0 Å². The second kappa shape index (κ2) is 5.62. The number of carbonyl (C=O) groups is 2. The maximum absolute atomic E-state index is 12.9. The predicted octanol–water partition coefficient (Wildman–Crippen LogP) is 2.18. The van der Waals surface area contributed by atoms with Crippen LogP contribution in [0.15, 0.2) is 22.7 Å². The first kappa shape index (κ1) is 13.4. The Labute approximate surface area is 105 Å². The van der Waals surface area contributed by atoms with Crippen LogP contribution in [0.1, 0.15) is 6.92 Å². The van der Waals surface area contributed by atoms with Crippen LogP contribution in [0.3, 0.4) is 0 Å². The monoisotopic (exact) mass is 304 g/mol. The number of anilines is 1. The molecule has 1 atom stereocenters. The fourth-order valence-corrected chi connectivity index (χ4v) is 1.36. The second-order valence-corrected chi connectivity index (χ2v) is 4.14. The Kier molecular flexibility index (Phi) is 4.45. The van der Waals surface area contributed by atoms with Crippen molar-refractivity contribution in [2.24, 2.45) is 0 Å². The van der Waals surface area contributed by atoms with Crippen molar-refractivity contribution in [3.8, 4) is 0 Å². The molecule has 92 valence electrons. The van der Waals surface area contributed by atoms with E-state index in [1.807, 2.05) is 0 Å². The van der Waals surface area contributed by atoms with E-state index in [0.717, 1.165) is 6.07 Å². The van der Waals surface area contributed by atoms with Gasteiger partial charge in [0.25, 0.3) is 0 Å². The van der Waals surface area contributed by atoms with Gasteiger partial charge in [-0.15, -0.1) is 0 Å². The van der Waals surface area contributed by atoms with E-state index >= 15 is 0 Å². The number of hydrogen-bond acceptors (Lipinski definition) is 2. The number of benzene rings is 1. The minimum atomic E-state index is -1.15. The first-order chi connectivity index (χ1) is 7.90. The number of hydrogen-bond donors (Lipinski definition) is 3. The van der Waals surface area contributed by atoms with Crippen LogP contribution in [0, 0.1) is 5.82 Å². The van der Waals surface area contributed by atoms with E-state index < -0.39 is 23.9 Å². The molecule has 0 bridgehead atoms. The Morgan fingerprint density at radius 1 is 1.47 bits per heavy atom. The molecular formula is C10H10BrFN2O3. The molecule has 0 aliphatic heterocycles. The third-order valence-corrected chi connectivity index (χ3v) is 2.59. The molecule has 0 heterocycles. The van der Waals surface area contributed by atoms with Gasteiger partial charge in [-0.2, -0.15) is 0 Å². The van der Waals surface area contributed by atoms with E-state index in [4.69, 9.17) is 5.11 Å². The molecule has 0 saturated heterocycles. The average molecular weight is 305 g/mol. The molecule has 0 aliphatic carbocycles. The van der Waals surface area contributed by atoms with Crippen LogP contribution in [0.25, 0.3) is 0 Å². The molecule has 0 fully saturated rings. The summed E-state index contributed by atoms with van der Waals surface area (Å²) in [6.07, 6.45) is 0. The normalized spacial score (nSPS) is 11.7. The summed E-state index contributed by atoms with van der Waals surface area (Å²) in [6.45, 7) is 1.32. The number of carbonyl (C=O) groups excluding carboxylic acids is 1. The molecule has 1 rings (SSSR count). The van der Waals surface area contributed by atoms with Gasteiger partial charge in [0.05, 0.1) is 5.69 Å². The molecule has 17 heavy (non-hydrogen) atoms. The molecule has 0 saturated carbocycles. The number of aliphatic carboxylic acids is 1. The zero-order chi connectivity index (χ0) is 13.0. The van der Waals surface area contributed by atoms with Crippen molar-refractivity contribution in [1.29, 1.82) is 0 Å². The minimum Gasteiger partial charge on any atom is -0.480 e. The smallest absolute Gasteiger partial charge is 0.325 e. The molecule has 7 heteroatoms. The van der Waals surface area contributed by atoms with Gasteiger partial charge in [-0.25, -0.2) is 9.18 Å². The fourth-order valence-electron chi connectivity index (χ4n) is 1.01.